The van der Waals surface area contributed by atoms with Gasteiger partial charge in [-0.15, -0.1) is 0 Å². The van der Waals surface area contributed by atoms with E-state index in [0.29, 0.717) is 5.57 Å². The highest BCUT2D eigenvalue weighted by Crippen LogP contribution is 2.34. The number of carbonyl (C=O) groups is 1. The third-order valence-corrected chi connectivity index (χ3v) is 2.35. The summed E-state index contributed by atoms with van der Waals surface area (Å²) < 4.78 is 10.5. The second kappa shape index (κ2) is 3.33. The van der Waals surface area contributed by atoms with Crippen LogP contribution in [0.15, 0.2) is 28.9 Å². The van der Waals surface area contributed by atoms with Crippen LogP contribution in [0, 0.1) is 0 Å². The minimum Gasteiger partial charge on any atom is -0.465 e. The molecule has 1 aromatic heterocycles. The molecule has 0 fully saturated rings. The Morgan fingerprint density at radius 3 is 3.21 bits per heavy atom. The largest absolute Gasteiger partial charge is 0.465 e. The number of esters is 1. The van der Waals surface area contributed by atoms with Crippen molar-refractivity contribution < 1.29 is 13.9 Å². The molecule has 0 radical (unpaired) electrons. The molecule has 1 aromatic rings. The average molecular weight is 192 g/mol. The van der Waals surface area contributed by atoms with Crippen LogP contribution in [0.3, 0.4) is 0 Å². The molecule has 0 aliphatic heterocycles. The number of furan rings is 1. The van der Waals surface area contributed by atoms with Gasteiger partial charge in [0.25, 0.3) is 0 Å². The number of fused-ring (bicyclic) bond motifs is 1. The van der Waals surface area contributed by atoms with Crippen LogP contribution >= 0.6 is 0 Å². The maximum atomic E-state index is 11.3. The van der Waals surface area contributed by atoms with Gasteiger partial charge in [0.2, 0.25) is 0 Å². The Morgan fingerprint density at radius 2 is 2.50 bits per heavy atom. The second-order valence-corrected chi connectivity index (χ2v) is 3.52. The van der Waals surface area contributed by atoms with Crippen LogP contribution in [0.2, 0.25) is 0 Å². The van der Waals surface area contributed by atoms with Gasteiger partial charge in [-0.3, -0.25) is 0 Å². The Bertz CT molecular complexity index is 376. The van der Waals surface area contributed by atoms with Gasteiger partial charge >= 0.3 is 5.97 Å². The lowest BCUT2D eigenvalue weighted by atomic mass is 10.3. The summed E-state index contributed by atoms with van der Waals surface area (Å²) in [6, 6.07) is 1.92. The number of hydrogen-bond donors (Lipinski definition) is 0. The summed E-state index contributed by atoms with van der Waals surface area (Å²) in [5, 5.41) is 0. The van der Waals surface area contributed by atoms with Crippen LogP contribution in [0.1, 0.15) is 30.8 Å². The van der Waals surface area contributed by atoms with Crippen LogP contribution < -0.4 is 0 Å². The summed E-state index contributed by atoms with van der Waals surface area (Å²) in [5.74, 6) is 0.443. The highest BCUT2D eigenvalue weighted by molar-refractivity contribution is 5.87. The Kier molecular flexibility index (Phi) is 2.15. The molecule has 3 heteroatoms. The van der Waals surface area contributed by atoms with Crippen LogP contribution in [0.25, 0.3) is 0 Å². The summed E-state index contributed by atoms with van der Waals surface area (Å²) in [7, 11) is 0. The minimum atomic E-state index is -0.348. The van der Waals surface area contributed by atoms with Gasteiger partial charge in [-0.2, -0.15) is 0 Å². The number of hydrogen-bond acceptors (Lipinski definition) is 3. The Balaban J connectivity index is 2.09. The molecule has 1 aliphatic rings. The molecule has 0 bridgehead atoms. The number of ether oxygens (including phenoxy) is 1. The third-order valence-electron chi connectivity index (χ3n) is 2.35. The molecular weight excluding hydrogens is 180 g/mol. The van der Waals surface area contributed by atoms with Crippen molar-refractivity contribution in [2.75, 3.05) is 0 Å². The van der Waals surface area contributed by atoms with Gasteiger partial charge in [-0.1, -0.05) is 6.58 Å². The zero-order chi connectivity index (χ0) is 10.1. The molecule has 3 nitrogen and oxygen atoms in total. The molecule has 1 aliphatic carbocycles. The standard InChI is InChI=1S/C11H12O3/c1-7(2)11(12)14-9-4-3-8-5-6-13-10(8)9/h5-6,9H,1,3-4H2,2H3. The third kappa shape index (κ3) is 1.45. The molecule has 0 amide bonds. The summed E-state index contributed by atoms with van der Waals surface area (Å²) in [6.45, 7) is 5.17. The maximum absolute atomic E-state index is 11.3. The Morgan fingerprint density at radius 1 is 1.71 bits per heavy atom. The van der Waals surface area contributed by atoms with Gasteiger partial charge in [-0.25, -0.2) is 4.79 Å². The molecule has 2 rings (SSSR count). The molecule has 1 heterocycles. The first-order valence-electron chi connectivity index (χ1n) is 4.61. The van der Waals surface area contributed by atoms with E-state index in [1.54, 1.807) is 13.2 Å². The summed E-state index contributed by atoms with van der Waals surface area (Å²) in [5.41, 5.74) is 1.56. The van der Waals surface area contributed by atoms with Crippen molar-refractivity contribution in [1.29, 1.82) is 0 Å². The predicted octanol–water partition coefficient (Wildman–Crippen LogP) is 2.39. The van der Waals surface area contributed by atoms with Crippen LogP contribution in [0.5, 0.6) is 0 Å². The van der Waals surface area contributed by atoms with Gasteiger partial charge in [0.1, 0.15) is 5.76 Å². The smallest absolute Gasteiger partial charge is 0.333 e. The molecule has 0 aromatic carbocycles. The zero-order valence-electron chi connectivity index (χ0n) is 8.08. The molecule has 0 saturated carbocycles. The molecule has 0 spiro atoms. The highest BCUT2D eigenvalue weighted by Gasteiger charge is 2.28. The van der Waals surface area contributed by atoms with Crippen molar-refractivity contribution >= 4 is 5.97 Å². The fourth-order valence-corrected chi connectivity index (χ4v) is 1.60. The lowest BCUT2D eigenvalue weighted by Gasteiger charge is -2.10. The Hall–Kier alpha value is -1.51. The second-order valence-electron chi connectivity index (χ2n) is 3.52. The van der Waals surface area contributed by atoms with Gasteiger partial charge in [0.05, 0.1) is 6.26 Å². The maximum Gasteiger partial charge on any atom is 0.333 e. The van der Waals surface area contributed by atoms with E-state index in [0.717, 1.165) is 24.2 Å². The normalized spacial score (nSPS) is 19.1. The van der Waals surface area contributed by atoms with Crippen molar-refractivity contribution in [1.82, 2.24) is 0 Å². The molecule has 1 unspecified atom stereocenters. The Labute approximate surface area is 82.4 Å². The van der Waals surface area contributed by atoms with E-state index in [-0.39, 0.29) is 12.1 Å². The number of rotatable bonds is 2. The zero-order valence-corrected chi connectivity index (χ0v) is 8.08. The van der Waals surface area contributed by atoms with Gasteiger partial charge in [0.15, 0.2) is 6.10 Å². The van der Waals surface area contributed by atoms with Crippen molar-refractivity contribution in [3.63, 3.8) is 0 Å². The monoisotopic (exact) mass is 192 g/mol. The summed E-state index contributed by atoms with van der Waals surface area (Å²) >= 11 is 0. The van der Waals surface area contributed by atoms with Gasteiger partial charge in [-0.05, 0) is 31.4 Å². The van der Waals surface area contributed by atoms with Gasteiger partial charge in [0, 0.05) is 5.57 Å². The lowest BCUT2D eigenvalue weighted by molar-refractivity contribution is -0.145. The molecule has 74 valence electrons. The van der Waals surface area contributed by atoms with E-state index in [4.69, 9.17) is 9.15 Å². The average Bonchev–Trinajstić information content (AvgIpc) is 2.69. The molecule has 1 atom stereocenters. The van der Waals surface area contributed by atoms with Crippen LogP contribution in [0.4, 0.5) is 0 Å². The van der Waals surface area contributed by atoms with E-state index in [9.17, 15) is 4.79 Å². The first-order chi connectivity index (χ1) is 6.68. The summed E-state index contributed by atoms with van der Waals surface area (Å²) in [4.78, 5) is 11.3. The first kappa shape index (κ1) is 9.06. The van der Waals surface area contributed by atoms with E-state index in [1.807, 2.05) is 6.07 Å². The molecular formula is C11H12O3. The fraction of sp³-hybridized carbons (Fsp3) is 0.364. The quantitative estimate of drug-likeness (QED) is 0.533. The first-order valence-corrected chi connectivity index (χ1v) is 4.61. The SMILES string of the molecule is C=C(C)C(=O)OC1CCc2ccoc21. The topological polar surface area (TPSA) is 39.4 Å². The lowest BCUT2D eigenvalue weighted by Crippen LogP contribution is -2.09. The highest BCUT2D eigenvalue weighted by atomic mass is 16.6. The number of aryl methyl sites for hydroxylation is 1. The fourth-order valence-electron chi connectivity index (χ4n) is 1.60. The van der Waals surface area contributed by atoms with E-state index < -0.39 is 0 Å². The van der Waals surface area contributed by atoms with Crippen molar-refractivity contribution in [3.05, 3.63) is 35.8 Å². The molecule has 0 N–H and O–H groups in total. The van der Waals surface area contributed by atoms with E-state index in [2.05, 4.69) is 6.58 Å². The minimum absolute atomic E-state index is 0.218. The van der Waals surface area contributed by atoms with E-state index >= 15 is 0 Å². The van der Waals surface area contributed by atoms with Crippen LogP contribution in [-0.4, -0.2) is 5.97 Å². The van der Waals surface area contributed by atoms with E-state index in [1.165, 1.54) is 0 Å². The van der Waals surface area contributed by atoms with Crippen molar-refractivity contribution in [3.8, 4) is 0 Å². The number of carbonyl (C=O) groups excluding carboxylic acids is 1. The van der Waals surface area contributed by atoms with Crippen molar-refractivity contribution in [2.24, 2.45) is 0 Å². The van der Waals surface area contributed by atoms with Crippen molar-refractivity contribution in [2.45, 2.75) is 25.9 Å². The summed E-state index contributed by atoms with van der Waals surface area (Å²) in [6.07, 6.45) is 3.14. The van der Waals surface area contributed by atoms with Gasteiger partial charge < -0.3 is 9.15 Å². The van der Waals surface area contributed by atoms with Crippen LogP contribution in [-0.2, 0) is 16.0 Å². The predicted molar refractivity (Wildman–Crippen MR) is 50.7 cm³/mol. The molecule has 0 saturated heterocycles. The molecule has 14 heavy (non-hydrogen) atoms.